The predicted octanol–water partition coefficient (Wildman–Crippen LogP) is 3.40. The van der Waals surface area contributed by atoms with Crippen LogP contribution in [0.5, 0.6) is 5.88 Å². The average Bonchev–Trinajstić information content (AvgIpc) is 3.46. The zero-order chi connectivity index (χ0) is 25.6. The summed E-state index contributed by atoms with van der Waals surface area (Å²) in [5.41, 5.74) is 3.61. The fourth-order valence-corrected chi connectivity index (χ4v) is 5.01. The SMILES string of the molecule is Cc1cc(-c2ccc3c(n2)N(C(=O)Nc2cncc(OCC4COC(C)(C)O4)n2)[C@H]2CCN3C2)ccn1. The van der Waals surface area contributed by atoms with Crippen molar-refractivity contribution in [1.82, 2.24) is 19.9 Å². The molecule has 11 nitrogen and oxygen atoms in total. The third-order valence-electron chi connectivity index (χ3n) is 6.70. The molecule has 6 heterocycles. The van der Waals surface area contributed by atoms with Gasteiger partial charge in [-0.25, -0.2) is 9.78 Å². The van der Waals surface area contributed by atoms with Gasteiger partial charge < -0.3 is 19.1 Å². The van der Waals surface area contributed by atoms with Crippen molar-refractivity contribution in [3.05, 3.63) is 48.5 Å². The molecule has 2 fully saturated rings. The highest BCUT2D eigenvalue weighted by Crippen LogP contribution is 2.40. The molecule has 192 valence electrons. The number of amides is 2. The van der Waals surface area contributed by atoms with Crippen LogP contribution in [0.3, 0.4) is 0 Å². The van der Waals surface area contributed by atoms with Crippen molar-refractivity contribution in [2.75, 3.05) is 41.4 Å². The fourth-order valence-electron chi connectivity index (χ4n) is 5.01. The van der Waals surface area contributed by atoms with Crippen LogP contribution in [0, 0.1) is 6.92 Å². The van der Waals surface area contributed by atoms with Crippen molar-refractivity contribution < 1.29 is 19.0 Å². The van der Waals surface area contributed by atoms with E-state index in [0.29, 0.717) is 24.1 Å². The molecular weight excluding hydrogens is 474 g/mol. The summed E-state index contributed by atoms with van der Waals surface area (Å²) in [6.45, 7) is 8.03. The van der Waals surface area contributed by atoms with Gasteiger partial charge in [-0.2, -0.15) is 4.98 Å². The summed E-state index contributed by atoms with van der Waals surface area (Å²) in [4.78, 5) is 35.4. The van der Waals surface area contributed by atoms with Gasteiger partial charge >= 0.3 is 6.03 Å². The van der Waals surface area contributed by atoms with Gasteiger partial charge in [-0.05, 0) is 51.5 Å². The Balaban J connectivity index is 1.21. The van der Waals surface area contributed by atoms with E-state index in [-0.39, 0.29) is 24.8 Å². The zero-order valence-electron chi connectivity index (χ0n) is 21.0. The molecule has 0 spiro atoms. The number of hydrogen-bond acceptors (Lipinski definition) is 9. The van der Waals surface area contributed by atoms with Crippen LogP contribution in [0.4, 0.5) is 22.1 Å². The van der Waals surface area contributed by atoms with E-state index in [1.165, 1.54) is 12.4 Å². The fraction of sp³-hybridized carbons (Fsp3) is 0.423. The molecule has 37 heavy (non-hydrogen) atoms. The molecule has 3 aliphatic heterocycles. The number of ether oxygens (including phenoxy) is 3. The maximum absolute atomic E-state index is 13.6. The summed E-state index contributed by atoms with van der Waals surface area (Å²) in [7, 11) is 0. The van der Waals surface area contributed by atoms with Crippen molar-refractivity contribution in [3.63, 3.8) is 0 Å². The maximum atomic E-state index is 13.6. The normalized spacial score (nSPS) is 21.6. The Morgan fingerprint density at radius 3 is 2.95 bits per heavy atom. The lowest BCUT2D eigenvalue weighted by Gasteiger charge is -2.35. The van der Waals surface area contributed by atoms with E-state index in [4.69, 9.17) is 19.2 Å². The van der Waals surface area contributed by atoms with Crippen LogP contribution in [0.1, 0.15) is 26.0 Å². The monoisotopic (exact) mass is 503 g/mol. The van der Waals surface area contributed by atoms with E-state index in [1.54, 1.807) is 11.1 Å². The molecule has 3 aromatic heterocycles. The molecule has 0 radical (unpaired) electrons. The summed E-state index contributed by atoms with van der Waals surface area (Å²) in [5.74, 6) is 0.611. The first-order valence-electron chi connectivity index (χ1n) is 12.4. The molecule has 1 unspecified atom stereocenters. The molecule has 2 amide bonds. The minimum Gasteiger partial charge on any atom is -0.474 e. The number of fused-ring (bicyclic) bond motifs is 4. The molecule has 0 aromatic carbocycles. The van der Waals surface area contributed by atoms with Gasteiger partial charge in [-0.1, -0.05) is 0 Å². The van der Waals surface area contributed by atoms with Crippen LogP contribution in [0.2, 0.25) is 0 Å². The van der Waals surface area contributed by atoms with Crippen molar-refractivity contribution in [3.8, 4) is 17.1 Å². The molecule has 6 rings (SSSR count). The van der Waals surface area contributed by atoms with Crippen LogP contribution in [-0.4, -0.2) is 70.2 Å². The standard InChI is InChI=1S/C26H29N7O4/c1-16-10-17(6-8-28-16)20-4-5-21-24(29-20)33(18-7-9-32(21)13-18)25(34)31-22-11-27-12-23(30-22)35-14-19-15-36-26(2,3)37-19/h4-6,8,10-12,18-19H,7,9,13-15H2,1-3H3,(H,30,31,34)/t18-,19?/m0/s1. The Bertz CT molecular complexity index is 1330. The first-order valence-corrected chi connectivity index (χ1v) is 12.4. The van der Waals surface area contributed by atoms with Crippen LogP contribution in [0.25, 0.3) is 11.3 Å². The molecule has 3 aromatic rings. The van der Waals surface area contributed by atoms with Gasteiger partial charge in [0, 0.05) is 30.5 Å². The quantitative estimate of drug-likeness (QED) is 0.559. The van der Waals surface area contributed by atoms with Crippen molar-refractivity contribution in [2.24, 2.45) is 0 Å². The van der Waals surface area contributed by atoms with E-state index in [0.717, 1.165) is 42.1 Å². The van der Waals surface area contributed by atoms with Crippen molar-refractivity contribution >= 4 is 23.4 Å². The molecular formula is C26H29N7O4. The maximum Gasteiger partial charge on any atom is 0.329 e. The highest BCUT2D eigenvalue weighted by atomic mass is 16.7. The van der Waals surface area contributed by atoms with Gasteiger partial charge in [0.2, 0.25) is 5.88 Å². The molecule has 2 atom stereocenters. The third kappa shape index (κ3) is 4.79. The van der Waals surface area contributed by atoms with Crippen LogP contribution < -0.4 is 19.9 Å². The Morgan fingerprint density at radius 1 is 1.24 bits per heavy atom. The lowest BCUT2D eigenvalue weighted by molar-refractivity contribution is -0.141. The van der Waals surface area contributed by atoms with E-state index >= 15 is 0 Å². The highest BCUT2D eigenvalue weighted by Gasteiger charge is 2.40. The lowest BCUT2D eigenvalue weighted by Crippen LogP contribution is -2.48. The van der Waals surface area contributed by atoms with Crippen molar-refractivity contribution in [1.29, 1.82) is 0 Å². The minimum absolute atomic E-state index is 0.0182. The Labute approximate surface area is 214 Å². The summed E-state index contributed by atoms with van der Waals surface area (Å²) >= 11 is 0. The summed E-state index contributed by atoms with van der Waals surface area (Å²) in [6, 6.07) is 7.67. The van der Waals surface area contributed by atoms with Crippen LogP contribution >= 0.6 is 0 Å². The second-order valence-corrected chi connectivity index (χ2v) is 9.92. The number of aryl methyl sites for hydroxylation is 1. The number of nitrogens with zero attached hydrogens (tertiary/aromatic N) is 6. The second-order valence-electron chi connectivity index (χ2n) is 9.92. The van der Waals surface area contributed by atoms with Gasteiger partial charge in [-0.15, -0.1) is 0 Å². The molecule has 11 heteroatoms. The highest BCUT2D eigenvalue weighted by molar-refractivity contribution is 6.04. The Kier molecular flexibility index (Phi) is 5.88. The van der Waals surface area contributed by atoms with E-state index in [1.807, 2.05) is 45.0 Å². The average molecular weight is 504 g/mol. The number of carbonyl (C=O) groups excluding carboxylic acids is 1. The van der Waals surface area contributed by atoms with Gasteiger partial charge in [-0.3, -0.25) is 20.2 Å². The van der Waals surface area contributed by atoms with Gasteiger partial charge in [0.15, 0.2) is 17.4 Å². The van der Waals surface area contributed by atoms with E-state index in [2.05, 4.69) is 25.2 Å². The van der Waals surface area contributed by atoms with Gasteiger partial charge in [0.25, 0.3) is 0 Å². The lowest BCUT2D eigenvalue weighted by atomic mass is 10.1. The Morgan fingerprint density at radius 2 is 2.14 bits per heavy atom. The van der Waals surface area contributed by atoms with E-state index in [9.17, 15) is 4.79 Å². The van der Waals surface area contributed by atoms with Gasteiger partial charge in [0.05, 0.1) is 36.4 Å². The third-order valence-corrected chi connectivity index (χ3v) is 6.70. The first-order chi connectivity index (χ1) is 17.8. The smallest absolute Gasteiger partial charge is 0.329 e. The summed E-state index contributed by atoms with van der Waals surface area (Å²) in [6.07, 6.45) is 5.44. The Hall–Kier alpha value is -3.83. The van der Waals surface area contributed by atoms with Crippen LogP contribution in [0.15, 0.2) is 42.9 Å². The number of carbonyl (C=O) groups is 1. The van der Waals surface area contributed by atoms with Crippen LogP contribution in [-0.2, 0) is 9.47 Å². The molecule has 3 aliphatic rings. The number of hydrogen-bond donors (Lipinski definition) is 1. The minimum atomic E-state index is -0.625. The summed E-state index contributed by atoms with van der Waals surface area (Å²) < 4.78 is 17.1. The van der Waals surface area contributed by atoms with E-state index < -0.39 is 5.79 Å². The predicted molar refractivity (Wildman–Crippen MR) is 137 cm³/mol. The van der Waals surface area contributed by atoms with Crippen molar-refractivity contribution in [2.45, 2.75) is 45.1 Å². The topological polar surface area (TPSA) is 115 Å². The largest absolute Gasteiger partial charge is 0.474 e. The summed E-state index contributed by atoms with van der Waals surface area (Å²) in [5, 5.41) is 2.89. The first kappa shape index (κ1) is 23.6. The molecule has 0 saturated carbocycles. The number of urea groups is 1. The van der Waals surface area contributed by atoms with Gasteiger partial charge in [0.1, 0.15) is 12.7 Å². The molecule has 1 N–H and O–H groups in total. The number of rotatable bonds is 5. The zero-order valence-corrected chi connectivity index (χ0v) is 21.0. The number of pyridine rings is 2. The second kappa shape index (κ2) is 9.24. The number of nitrogens with one attached hydrogen (secondary N) is 1. The molecule has 0 aliphatic carbocycles. The molecule has 2 saturated heterocycles. The molecule has 2 bridgehead atoms. The number of anilines is 3. The number of aromatic nitrogens is 4.